The van der Waals surface area contributed by atoms with Gasteiger partial charge >= 0.3 is 0 Å². The summed E-state index contributed by atoms with van der Waals surface area (Å²) in [6.45, 7) is 8.65. The average Bonchev–Trinajstić information content (AvgIpc) is 2.69. The largest absolute Gasteiger partial charge is 0.493 e. The summed E-state index contributed by atoms with van der Waals surface area (Å²) < 4.78 is 11.8. The van der Waals surface area contributed by atoms with E-state index in [1.165, 1.54) is 55.2 Å². The zero-order valence-electron chi connectivity index (χ0n) is 19.6. The zero-order chi connectivity index (χ0) is 21.7. The van der Waals surface area contributed by atoms with Crippen LogP contribution >= 0.6 is 0 Å². The Hall–Kier alpha value is -2.00. The normalized spacial score (nSPS) is 33.5. The molecule has 2 unspecified atom stereocenters. The number of benzene rings is 2. The van der Waals surface area contributed by atoms with Crippen molar-refractivity contribution in [3.05, 3.63) is 59.2 Å². The topological polar surface area (TPSA) is 30.5 Å². The molecule has 0 spiro atoms. The Balaban J connectivity index is 1.27. The van der Waals surface area contributed by atoms with E-state index >= 15 is 0 Å². The van der Waals surface area contributed by atoms with Crippen molar-refractivity contribution in [2.24, 2.45) is 16.7 Å². The number of aryl methyl sites for hydroxylation is 1. The van der Waals surface area contributed by atoms with E-state index in [1.54, 1.807) is 7.11 Å². The molecule has 0 heterocycles. The van der Waals surface area contributed by atoms with Gasteiger partial charge in [-0.05, 0) is 91.0 Å². The van der Waals surface area contributed by atoms with Gasteiger partial charge in [0.15, 0.2) is 11.5 Å². The van der Waals surface area contributed by atoms with Crippen LogP contribution in [0.15, 0.2) is 42.5 Å². The Bertz CT molecular complexity index is 949. The molecule has 1 N–H and O–H groups in total. The monoisotopic (exact) mass is 419 g/mol. The van der Waals surface area contributed by atoms with Crippen LogP contribution in [-0.2, 0) is 13.2 Å². The van der Waals surface area contributed by atoms with E-state index < -0.39 is 0 Å². The second-order valence-corrected chi connectivity index (χ2v) is 11.5. The van der Waals surface area contributed by atoms with Gasteiger partial charge in [0.05, 0.1) is 7.11 Å². The molecule has 0 radical (unpaired) electrons. The molecular formula is C28H37NO2. The minimum Gasteiger partial charge on any atom is -0.493 e. The van der Waals surface area contributed by atoms with Gasteiger partial charge in [0.2, 0.25) is 0 Å². The highest BCUT2D eigenvalue weighted by Crippen LogP contribution is 2.66. The van der Waals surface area contributed by atoms with Gasteiger partial charge in [-0.2, -0.15) is 0 Å². The maximum Gasteiger partial charge on any atom is 0.161 e. The predicted octanol–water partition coefficient (Wildman–Crippen LogP) is 6.42. The van der Waals surface area contributed by atoms with Gasteiger partial charge in [-0.3, -0.25) is 0 Å². The summed E-state index contributed by atoms with van der Waals surface area (Å²) in [5.41, 5.74) is 5.11. The van der Waals surface area contributed by atoms with Crippen molar-refractivity contribution in [3.8, 4) is 11.5 Å². The highest BCUT2D eigenvalue weighted by atomic mass is 16.5. The van der Waals surface area contributed by atoms with E-state index in [2.05, 4.69) is 68.6 Å². The lowest BCUT2D eigenvalue weighted by atomic mass is 9.43. The van der Waals surface area contributed by atoms with Crippen molar-refractivity contribution in [2.75, 3.05) is 7.11 Å². The van der Waals surface area contributed by atoms with Gasteiger partial charge in [0.25, 0.3) is 0 Å². The molecule has 6 rings (SSSR count). The van der Waals surface area contributed by atoms with Crippen LogP contribution in [0.1, 0.15) is 69.1 Å². The summed E-state index contributed by atoms with van der Waals surface area (Å²) in [5.74, 6) is 2.53. The third kappa shape index (κ3) is 4.09. The van der Waals surface area contributed by atoms with Crippen LogP contribution in [0.5, 0.6) is 11.5 Å². The SMILES string of the molecule is COc1cc(CNC23CC4CC(C)(CC(C)(C4)C2)C3)ccc1OCc1ccccc1C. The van der Waals surface area contributed by atoms with E-state index in [0.29, 0.717) is 23.0 Å². The van der Waals surface area contributed by atoms with E-state index in [1.807, 2.05) is 0 Å². The Labute approximate surface area is 187 Å². The highest BCUT2D eigenvalue weighted by Gasteiger charge is 2.59. The summed E-state index contributed by atoms with van der Waals surface area (Å²) >= 11 is 0. The van der Waals surface area contributed by atoms with Crippen LogP contribution in [0, 0.1) is 23.7 Å². The van der Waals surface area contributed by atoms with Gasteiger partial charge in [0.1, 0.15) is 6.61 Å². The van der Waals surface area contributed by atoms with Crippen LogP contribution in [0.3, 0.4) is 0 Å². The first-order valence-electron chi connectivity index (χ1n) is 11.9. The fourth-order valence-electron chi connectivity index (χ4n) is 7.80. The third-order valence-corrected chi connectivity index (χ3v) is 8.17. The summed E-state index contributed by atoms with van der Waals surface area (Å²) in [4.78, 5) is 0. The highest BCUT2D eigenvalue weighted by molar-refractivity contribution is 5.43. The molecule has 31 heavy (non-hydrogen) atoms. The van der Waals surface area contributed by atoms with Crippen LogP contribution < -0.4 is 14.8 Å². The van der Waals surface area contributed by atoms with Crippen molar-refractivity contribution in [2.45, 2.75) is 78.0 Å². The molecule has 0 amide bonds. The summed E-state index contributed by atoms with van der Waals surface area (Å²) in [7, 11) is 1.73. The van der Waals surface area contributed by atoms with E-state index in [4.69, 9.17) is 9.47 Å². The summed E-state index contributed by atoms with van der Waals surface area (Å²) in [6.07, 6.45) is 8.31. The number of nitrogens with one attached hydrogen (secondary N) is 1. The molecule has 2 aromatic rings. The Morgan fingerprint density at radius 2 is 1.68 bits per heavy atom. The van der Waals surface area contributed by atoms with Crippen molar-refractivity contribution < 1.29 is 9.47 Å². The molecule has 3 heteroatoms. The van der Waals surface area contributed by atoms with Crippen LogP contribution in [0.4, 0.5) is 0 Å². The average molecular weight is 420 g/mol. The first-order chi connectivity index (χ1) is 14.8. The predicted molar refractivity (Wildman–Crippen MR) is 125 cm³/mol. The van der Waals surface area contributed by atoms with Crippen molar-refractivity contribution in [3.63, 3.8) is 0 Å². The van der Waals surface area contributed by atoms with Gasteiger partial charge in [-0.1, -0.05) is 44.2 Å². The molecule has 0 saturated heterocycles. The molecule has 4 aliphatic carbocycles. The standard InChI is InChI=1S/C28H37NO2/c1-20-7-5-6-8-23(20)16-31-24-10-9-21(11-25(24)30-4)15-29-28-14-22-12-26(2,18-28)17-27(3,13-22)19-28/h5-11,22,29H,12-19H2,1-4H3. The number of hydrogen-bond donors (Lipinski definition) is 1. The van der Waals surface area contributed by atoms with Gasteiger partial charge in [-0.15, -0.1) is 0 Å². The number of rotatable bonds is 7. The van der Waals surface area contributed by atoms with E-state index in [-0.39, 0.29) is 0 Å². The molecule has 2 atom stereocenters. The second-order valence-electron chi connectivity index (χ2n) is 11.5. The number of ether oxygens (including phenoxy) is 2. The molecule has 2 aromatic carbocycles. The zero-order valence-corrected chi connectivity index (χ0v) is 19.6. The molecule has 3 nitrogen and oxygen atoms in total. The molecule has 166 valence electrons. The third-order valence-electron chi connectivity index (χ3n) is 8.17. The molecule has 4 fully saturated rings. The lowest BCUT2D eigenvalue weighted by Gasteiger charge is -2.65. The van der Waals surface area contributed by atoms with E-state index in [0.717, 1.165) is 24.0 Å². The Kier molecular flexibility index (Phi) is 5.08. The Morgan fingerprint density at radius 3 is 2.35 bits per heavy atom. The Morgan fingerprint density at radius 1 is 0.935 bits per heavy atom. The second kappa shape index (κ2) is 7.55. The van der Waals surface area contributed by atoms with Crippen molar-refractivity contribution in [1.82, 2.24) is 5.32 Å². The molecule has 4 saturated carbocycles. The minimum absolute atomic E-state index is 0.316. The van der Waals surface area contributed by atoms with Gasteiger partial charge < -0.3 is 14.8 Å². The smallest absolute Gasteiger partial charge is 0.161 e. The lowest BCUT2D eigenvalue weighted by molar-refractivity contribution is -0.118. The first kappa shape index (κ1) is 20.9. The van der Waals surface area contributed by atoms with Gasteiger partial charge in [0, 0.05) is 12.1 Å². The molecule has 0 aliphatic heterocycles. The van der Waals surface area contributed by atoms with Crippen LogP contribution in [-0.4, -0.2) is 12.6 Å². The molecular weight excluding hydrogens is 382 g/mol. The summed E-state index contributed by atoms with van der Waals surface area (Å²) in [6, 6.07) is 14.8. The van der Waals surface area contributed by atoms with Crippen molar-refractivity contribution in [1.29, 1.82) is 0 Å². The van der Waals surface area contributed by atoms with Crippen LogP contribution in [0.2, 0.25) is 0 Å². The van der Waals surface area contributed by atoms with Crippen molar-refractivity contribution >= 4 is 0 Å². The number of hydrogen-bond acceptors (Lipinski definition) is 3. The first-order valence-corrected chi connectivity index (χ1v) is 11.9. The number of methoxy groups -OCH3 is 1. The fourth-order valence-corrected chi connectivity index (χ4v) is 7.80. The maximum absolute atomic E-state index is 6.11. The summed E-state index contributed by atoms with van der Waals surface area (Å²) in [5, 5.41) is 4.03. The molecule has 0 aromatic heterocycles. The molecule has 4 bridgehead atoms. The fraction of sp³-hybridized carbons (Fsp3) is 0.571. The van der Waals surface area contributed by atoms with Gasteiger partial charge in [-0.25, -0.2) is 0 Å². The quantitative estimate of drug-likeness (QED) is 0.561. The lowest BCUT2D eigenvalue weighted by Crippen LogP contribution is -2.63. The maximum atomic E-state index is 6.11. The molecule has 4 aliphatic rings. The van der Waals surface area contributed by atoms with E-state index in [9.17, 15) is 0 Å². The minimum atomic E-state index is 0.316. The van der Waals surface area contributed by atoms with Crippen LogP contribution in [0.25, 0.3) is 0 Å².